The summed E-state index contributed by atoms with van der Waals surface area (Å²) in [5, 5.41) is 3.79. The Morgan fingerprint density at radius 2 is 1.70 bits per heavy atom. The van der Waals surface area contributed by atoms with Crippen LogP contribution in [0.1, 0.15) is 54.0 Å². The van der Waals surface area contributed by atoms with Crippen LogP contribution in [0.4, 0.5) is 36.6 Å². The van der Waals surface area contributed by atoms with Gasteiger partial charge >= 0.3 is 12.4 Å². The number of primary amides is 1. The lowest BCUT2D eigenvalue weighted by Gasteiger charge is -2.32. The Kier molecular flexibility index (Phi) is 5.85. The molecule has 0 aliphatic rings. The number of alkyl halides is 6. The van der Waals surface area contributed by atoms with Gasteiger partial charge in [-0.3, -0.25) is 4.79 Å². The summed E-state index contributed by atoms with van der Waals surface area (Å²) in [5.41, 5.74) is 7.21. The van der Waals surface area contributed by atoms with Crippen LogP contribution in [0.5, 0.6) is 0 Å². The van der Waals surface area contributed by atoms with Gasteiger partial charge in [0.1, 0.15) is 17.2 Å². The van der Waals surface area contributed by atoms with E-state index < -0.39 is 64.6 Å². The molecule has 5 nitrogen and oxygen atoms in total. The monoisotopic (exact) mass is 440 g/mol. The van der Waals surface area contributed by atoms with Crippen LogP contribution in [-0.2, 0) is 12.6 Å². The molecule has 0 saturated heterocycles. The van der Waals surface area contributed by atoms with Crippen molar-refractivity contribution in [2.45, 2.75) is 45.6 Å². The molecule has 0 radical (unpaired) electrons. The predicted molar refractivity (Wildman–Crippen MR) is 93.9 cm³/mol. The van der Waals surface area contributed by atoms with Gasteiger partial charge in [-0.25, -0.2) is 9.07 Å². The first-order valence-corrected chi connectivity index (χ1v) is 8.53. The summed E-state index contributed by atoms with van der Waals surface area (Å²) in [6.45, 7) is 4.80. The summed E-state index contributed by atoms with van der Waals surface area (Å²) >= 11 is 0. The van der Waals surface area contributed by atoms with Crippen molar-refractivity contribution in [3.8, 4) is 0 Å². The highest BCUT2D eigenvalue weighted by Crippen LogP contribution is 2.41. The predicted octanol–water partition coefficient (Wildman–Crippen LogP) is 4.46. The van der Waals surface area contributed by atoms with Gasteiger partial charge in [-0.1, -0.05) is 26.8 Å². The molecular formula is C18H19F7N4O. The molecular weight excluding hydrogens is 421 g/mol. The molecule has 4 N–H and O–H groups in total. The molecule has 2 rings (SSSR count). The summed E-state index contributed by atoms with van der Waals surface area (Å²) < 4.78 is 92.3. The largest absolute Gasteiger partial charge is 0.419 e. The Labute approximate surface area is 166 Å². The van der Waals surface area contributed by atoms with Gasteiger partial charge in [0.25, 0.3) is 5.91 Å². The average molecular weight is 440 g/mol. The normalized spacial score (nSPS) is 14.1. The molecule has 1 unspecified atom stereocenters. The first kappa shape index (κ1) is 23.5. The lowest BCUT2D eigenvalue weighted by atomic mass is 9.82. The number of amides is 1. The Morgan fingerprint density at radius 1 is 1.13 bits per heavy atom. The lowest BCUT2D eigenvalue weighted by Crippen LogP contribution is -2.28. The van der Waals surface area contributed by atoms with Crippen molar-refractivity contribution in [2.75, 3.05) is 5.73 Å². The highest BCUT2D eigenvalue weighted by atomic mass is 19.4. The quantitative estimate of drug-likeness (QED) is 0.689. The van der Waals surface area contributed by atoms with Crippen molar-refractivity contribution in [1.82, 2.24) is 9.78 Å². The molecule has 30 heavy (non-hydrogen) atoms. The zero-order valence-corrected chi connectivity index (χ0v) is 16.1. The SMILES string of the molecule is CC(C)(C)C(c1ccc(C(F)(F)F)c(F)c1)n1nc(CC(F)(F)F)c(C(N)=O)c1N. The number of benzene rings is 1. The van der Waals surface area contributed by atoms with Gasteiger partial charge in [0.15, 0.2) is 0 Å². The fourth-order valence-electron chi connectivity index (χ4n) is 3.21. The number of hydrogen-bond acceptors (Lipinski definition) is 3. The van der Waals surface area contributed by atoms with Crippen molar-refractivity contribution in [3.63, 3.8) is 0 Å². The summed E-state index contributed by atoms with van der Waals surface area (Å²) in [4.78, 5) is 11.7. The second-order valence-electron chi connectivity index (χ2n) is 7.81. The van der Waals surface area contributed by atoms with Crippen LogP contribution in [-0.4, -0.2) is 21.9 Å². The number of anilines is 1. The van der Waals surface area contributed by atoms with Crippen molar-refractivity contribution in [1.29, 1.82) is 0 Å². The first-order valence-electron chi connectivity index (χ1n) is 8.53. The summed E-state index contributed by atoms with van der Waals surface area (Å²) in [6.07, 6.45) is -11.3. The molecule has 1 amide bonds. The van der Waals surface area contributed by atoms with Crippen molar-refractivity contribution in [2.24, 2.45) is 11.1 Å². The minimum absolute atomic E-state index is 0.0308. The standard InChI is InChI=1S/C18H19F7N4O/c1-16(2,3)13(8-4-5-9(10(19)6-8)18(23,24)25)29-14(26)12(15(27)30)11(28-29)7-17(20,21)22/h4-6,13H,7,26H2,1-3H3,(H2,27,30). The van der Waals surface area contributed by atoms with E-state index in [0.29, 0.717) is 12.1 Å². The van der Waals surface area contributed by atoms with Gasteiger partial charge in [-0.15, -0.1) is 0 Å². The number of halogens is 7. The lowest BCUT2D eigenvalue weighted by molar-refractivity contribution is -0.140. The van der Waals surface area contributed by atoms with Crippen LogP contribution < -0.4 is 11.5 Å². The van der Waals surface area contributed by atoms with Crippen LogP contribution in [0.3, 0.4) is 0 Å². The van der Waals surface area contributed by atoms with Gasteiger partial charge in [0.2, 0.25) is 0 Å². The maximum absolute atomic E-state index is 14.1. The summed E-state index contributed by atoms with van der Waals surface area (Å²) in [5.74, 6) is -3.31. The molecule has 1 atom stereocenters. The Morgan fingerprint density at radius 3 is 2.10 bits per heavy atom. The van der Waals surface area contributed by atoms with E-state index >= 15 is 0 Å². The second-order valence-corrected chi connectivity index (χ2v) is 7.81. The van der Waals surface area contributed by atoms with Gasteiger partial charge in [-0.2, -0.15) is 31.4 Å². The molecule has 2 aromatic rings. The zero-order valence-electron chi connectivity index (χ0n) is 16.1. The molecule has 0 fully saturated rings. The van der Waals surface area contributed by atoms with Crippen molar-refractivity contribution >= 4 is 11.7 Å². The Hall–Kier alpha value is -2.79. The number of aromatic nitrogens is 2. The molecule has 12 heteroatoms. The number of carbonyl (C=O) groups excluding carboxylic acids is 1. The number of carbonyl (C=O) groups is 1. The third-order valence-corrected chi connectivity index (χ3v) is 4.31. The van der Waals surface area contributed by atoms with E-state index in [-0.39, 0.29) is 5.56 Å². The van der Waals surface area contributed by atoms with Crippen molar-refractivity contribution < 1.29 is 35.5 Å². The van der Waals surface area contributed by atoms with E-state index in [2.05, 4.69) is 5.10 Å². The van der Waals surface area contributed by atoms with Crippen LogP contribution >= 0.6 is 0 Å². The molecule has 0 aliphatic carbocycles. The smallest absolute Gasteiger partial charge is 0.383 e. The fraction of sp³-hybridized carbons (Fsp3) is 0.444. The third-order valence-electron chi connectivity index (χ3n) is 4.31. The first-order chi connectivity index (χ1) is 13.4. The number of rotatable bonds is 4. The number of nitrogens with zero attached hydrogens (tertiary/aromatic N) is 2. The van der Waals surface area contributed by atoms with Gasteiger partial charge in [0.05, 0.1) is 23.7 Å². The fourth-order valence-corrected chi connectivity index (χ4v) is 3.21. The van der Waals surface area contributed by atoms with Crippen LogP contribution in [0.2, 0.25) is 0 Å². The van der Waals surface area contributed by atoms with E-state index in [1.165, 1.54) is 0 Å². The molecule has 0 aliphatic heterocycles. The average Bonchev–Trinajstić information content (AvgIpc) is 2.78. The maximum atomic E-state index is 14.1. The summed E-state index contributed by atoms with van der Waals surface area (Å²) in [7, 11) is 0. The Balaban J connectivity index is 2.72. The van der Waals surface area contributed by atoms with Crippen LogP contribution in [0, 0.1) is 11.2 Å². The maximum Gasteiger partial charge on any atom is 0.419 e. The molecule has 1 heterocycles. The van der Waals surface area contributed by atoms with Crippen LogP contribution in [0.25, 0.3) is 0 Å². The molecule has 0 bridgehead atoms. The second kappa shape index (κ2) is 7.47. The van der Waals surface area contributed by atoms with E-state index in [4.69, 9.17) is 11.5 Å². The van der Waals surface area contributed by atoms with Crippen LogP contribution in [0.15, 0.2) is 18.2 Å². The molecule has 1 aromatic carbocycles. The Bertz CT molecular complexity index is 955. The highest BCUT2D eigenvalue weighted by molar-refractivity contribution is 5.98. The van der Waals surface area contributed by atoms with Gasteiger partial charge in [-0.05, 0) is 23.1 Å². The zero-order chi connectivity index (χ0) is 23.2. The molecule has 1 aromatic heterocycles. The molecule has 0 spiro atoms. The van der Waals surface area contributed by atoms with Gasteiger partial charge < -0.3 is 11.5 Å². The number of nitrogens with two attached hydrogens (primary N) is 2. The van der Waals surface area contributed by atoms with E-state index in [1.807, 2.05) is 0 Å². The topological polar surface area (TPSA) is 86.9 Å². The minimum Gasteiger partial charge on any atom is -0.383 e. The summed E-state index contributed by atoms with van der Waals surface area (Å²) in [6, 6.07) is 1.02. The molecule has 0 saturated carbocycles. The number of hydrogen-bond donors (Lipinski definition) is 2. The van der Waals surface area contributed by atoms with E-state index in [1.54, 1.807) is 20.8 Å². The minimum atomic E-state index is -4.93. The molecule has 166 valence electrons. The van der Waals surface area contributed by atoms with Gasteiger partial charge in [0, 0.05) is 0 Å². The van der Waals surface area contributed by atoms with E-state index in [9.17, 15) is 35.5 Å². The van der Waals surface area contributed by atoms with Crippen molar-refractivity contribution in [3.05, 3.63) is 46.4 Å². The number of nitrogen functional groups attached to an aromatic ring is 1. The van der Waals surface area contributed by atoms with E-state index in [0.717, 1.165) is 10.7 Å². The highest BCUT2D eigenvalue weighted by Gasteiger charge is 2.39. The third kappa shape index (κ3) is 4.85.